The first-order chi connectivity index (χ1) is 9.16. The monoisotopic (exact) mass is 256 g/mol. The SMILES string of the molecule is CC(C)c1ccc(CC(=O)C2C3CCCCC32)cc1. The summed E-state index contributed by atoms with van der Waals surface area (Å²) in [6.07, 6.45) is 5.93. The van der Waals surface area contributed by atoms with Crippen LogP contribution in [0.3, 0.4) is 0 Å². The number of carbonyl (C=O) groups excluding carboxylic acids is 1. The van der Waals surface area contributed by atoms with Gasteiger partial charge in [-0.25, -0.2) is 0 Å². The molecule has 102 valence electrons. The molecule has 2 aliphatic rings. The minimum absolute atomic E-state index is 0.410. The minimum Gasteiger partial charge on any atom is -0.299 e. The van der Waals surface area contributed by atoms with Crippen molar-refractivity contribution in [2.45, 2.75) is 51.9 Å². The molecule has 3 rings (SSSR count). The fourth-order valence-corrected chi connectivity index (χ4v) is 3.81. The number of ketones is 1. The van der Waals surface area contributed by atoms with E-state index in [1.54, 1.807) is 0 Å². The van der Waals surface area contributed by atoms with E-state index in [9.17, 15) is 4.79 Å². The van der Waals surface area contributed by atoms with Crippen LogP contribution in [0.1, 0.15) is 56.6 Å². The Bertz CT molecular complexity index is 445. The predicted octanol–water partition coefficient (Wildman–Crippen LogP) is 4.36. The molecule has 2 atom stereocenters. The van der Waals surface area contributed by atoms with Gasteiger partial charge >= 0.3 is 0 Å². The van der Waals surface area contributed by atoms with Crippen molar-refractivity contribution < 1.29 is 4.79 Å². The van der Waals surface area contributed by atoms with Crippen LogP contribution in [-0.2, 0) is 11.2 Å². The molecule has 0 heterocycles. The Morgan fingerprint density at radius 3 is 2.21 bits per heavy atom. The lowest BCUT2D eigenvalue weighted by Gasteiger charge is -2.06. The molecule has 0 spiro atoms. The molecule has 0 amide bonds. The zero-order valence-electron chi connectivity index (χ0n) is 12.1. The molecular weight excluding hydrogens is 232 g/mol. The highest BCUT2D eigenvalue weighted by atomic mass is 16.1. The second-order valence-corrected chi connectivity index (χ2v) is 6.68. The number of Topliss-reactive ketones (excluding diaryl/α,β-unsaturated/α-hetero) is 1. The third-order valence-corrected chi connectivity index (χ3v) is 5.05. The van der Waals surface area contributed by atoms with Crippen molar-refractivity contribution in [1.82, 2.24) is 0 Å². The number of carbonyl (C=O) groups is 1. The van der Waals surface area contributed by atoms with Gasteiger partial charge in [0.25, 0.3) is 0 Å². The Balaban J connectivity index is 1.60. The third kappa shape index (κ3) is 2.61. The molecule has 0 aromatic heterocycles. The average Bonchev–Trinajstić information content (AvgIpc) is 3.13. The number of fused-ring (bicyclic) bond motifs is 1. The van der Waals surface area contributed by atoms with Gasteiger partial charge in [-0.2, -0.15) is 0 Å². The summed E-state index contributed by atoms with van der Waals surface area (Å²) in [6, 6.07) is 8.62. The largest absolute Gasteiger partial charge is 0.299 e. The fraction of sp³-hybridized carbons (Fsp3) is 0.611. The van der Waals surface area contributed by atoms with Gasteiger partial charge in [0, 0.05) is 12.3 Å². The van der Waals surface area contributed by atoms with Gasteiger partial charge in [0.15, 0.2) is 0 Å². The Kier molecular flexibility index (Phi) is 3.47. The summed E-state index contributed by atoms with van der Waals surface area (Å²) in [6.45, 7) is 4.41. The van der Waals surface area contributed by atoms with E-state index in [-0.39, 0.29) is 0 Å². The smallest absolute Gasteiger partial charge is 0.140 e. The van der Waals surface area contributed by atoms with Gasteiger partial charge in [0.2, 0.25) is 0 Å². The van der Waals surface area contributed by atoms with E-state index in [1.807, 2.05) is 0 Å². The van der Waals surface area contributed by atoms with E-state index < -0.39 is 0 Å². The molecule has 2 fully saturated rings. The molecule has 2 unspecified atom stereocenters. The first-order valence-electron chi connectivity index (χ1n) is 7.78. The van der Waals surface area contributed by atoms with Gasteiger partial charge in [-0.15, -0.1) is 0 Å². The van der Waals surface area contributed by atoms with Crippen LogP contribution in [0.2, 0.25) is 0 Å². The summed E-state index contributed by atoms with van der Waals surface area (Å²) in [5, 5.41) is 0. The maximum Gasteiger partial charge on any atom is 0.140 e. The number of hydrogen-bond acceptors (Lipinski definition) is 1. The van der Waals surface area contributed by atoms with Crippen LogP contribution in [0.4, 0.5) is 0 Å². The highest BCUT2D eigenvalue weighted by Gasteiger charge is 2.53. The van der Waals surface area contributed by atoms with Crippen molar-refractivity contribution in [3.05, 3.63) is 35.4 Å². The molecule has 0 saturated heterocycles. The number of hydrogen-bond donors (Lipinski definition) is 0. The zero-order chi connectivity index (χ0) is 13.4. The number of benzene rings is 1. The predicted molar refractivity (Wildman–Crippen MR) is 78.2 cm³/mol. The lowest BCUT2D eigenvalue weighted by Crippen LogP contribution is -2.07. The fourth-order valence-electron chi connectivity index (χ4n) is 3.81. The summed E-state index contributed by atoms with van der Waals surface area (Å²) in [5.41, 5.74) is 2.55. The highest BCUT2D eigenvalue weighted by molar-refractivity contribution is 5.86. The molecular formula is C18H24O. The van der Waals surface area contributed by atoms with Crippen LogP contribution in [-0.4, -0.2) is 5.78 Å². The summed E-state index contributed by atoms with van der Waals surface area (Å²) in [5.74, 6) is 2.96. The summed E-state index contributed by atoms with van der Waals surface area (Å²) in [7, 11) is 0. The Morgan fingerprint density at radius 2 is 1.68 bits per heavy atom. The van der Waals surface area contributed by atoms with Crippen LogP contribution in [0.5, 0.6) is 0 Å². The summed E-state index contributed by atoms with van der Waals surface area (Å²) < 4.78 is 0. The van der Waals surface area contributed by atoms with Gasteiger partial charge in [-0.3, -0.25) is 4.79 Å². The zero-order valence-corrected chi connectivity index (χ0v) is 12.1. The van der Waals surface area contributed by atoms with E-state index in [0.29, 0.717) is 24.0 Å². The van der Waals surface area contributed by atoms with Gasteiger partial charge in [-0.05, 0) is 41.7 Å². The molecule has 1 nitrogen and oxygen atoms in total. The summed E-state index contributed by atoms with van der Waals surface area (Å²) >= 11 is 0. The van der Waals surface area contributed by atoms with Gasteiger partial charge in [0.05, 0.1) is 0 Å². The summed E-state index contributed by atoms with van der Waals surface area (Å²) in [4.78, 5) is 12.4. The molecule has 0 N–H and O–H groups in total. The van der Waals surface area contributed by atoms with E-state index in [4.69, 9.17) is 0 Å². The van der Waals surface area contributed by atoms with Crippen molar-refractivity contribution in [1.29, 1.82) is 0 Å². The highest BCUT2D eigenvalue weighted by Crippen LogP contribution is 2.56. The topological polar surface area (TPSA) is 17.1 Å². The normalized spacial score (nSPS) is 29.1. The molecule has 2 saturated carbocycles. The standard InChI is InChI=1S/C18H24O/c1-12(2)14-9-7-13(8-10-14)11-17(19)18-15-5-3-4-6-16(15)18/h7-10,12,15-16,18H,3-6,11H2,1-2H3. The first-order valence-corrected chi connectivity index (χ1v) is 7.78. The molecule has 0 bridgehead atoms. The van der Waals surface area contributed by atoms with Crippen molar-refractivity contribution in [3.63, 3.8) is 0 Å². The van der Waals surface area contributed by atoms with Crippen LogP contribution in [0.25, 0.3) is 0 Å². The van der Waals surface area contributed by atoms with Crippen molar-refractivity contribution in [2.24, 2.45) is 17.8 Å². The van der Waals surface area contributed by atoms with Crippen LogP contribution < -0.4 is 0 Å². The van der Waals surface area contributed by atoms with Gasteiger partial charge < -0.3 is 0 Å². The molecule has 0 aliphatic heterocycles. The van der Waals surface area contributed by atoms with E-state index in [1.165, 1.54) is 36.8 Å². The first kappa shape index (κ1) is 12.9. The molecule has 0 radical (unpaired) electrons. The van der Waals surface area contributed by atoms with Crippen LogP contribution in [0, 0.1) is 17.8 Å². The number of rotatable bonds is 4. The van der Waals surface area contributed by atoms with E-state index >= 15 is 0 Å². The van der Waals surface area contributed by atoms with Crippen molar-refractivity contribution in [3.8, 4) is 0 Å². The lowest BCUT2D eigenvalue weighted by molar-refractivity contribution is -0.120. The van der Waals surface area contributed by atoms with Crippen LogP contribution in [0.15, 0.2) is 24.3 Å². The lowest BCUT2D eigenvalue weighted by atomic mass is 9.99. The molecule has 2 aliphatic carbocycles. The maximum absolute atomic E-state index is 12.4. The third-order valence-electron chi connectivity index (χ3n) is 5.05. The van der Waals surface area contributed by atoms with E-state index in [0.717, 1.165) is 11.8 Å². The van der Waals surface area contributed by atoms with Crippen molar-refractivity contribution in [2.75, 3.05) is 0 Å². The van der Waals surface area contributed by atoms with Gasteiger partial charge in [-0.1, -0.05) is 51.0 Å². The van der Waals surface area contributed by atoms with Crippen LogP contribution >= 0.6 is 0 Å². The molecule has 1 aromatic rings. The average molecular weight is 256 g/mol. The van der Waals surface area contributed by atoms with E-state index in [2.05, 4.69) is 38.1 Å². The Labute approximate surface area is 116 Å². The second kappa shape index (κ2) is 5.11. The Hall–Kier alpha value is -1.11. The molecule has 1 heteroatoms. The van der Waals surface area contributed by atoms with Gasteiger partial charge in [0.1, 0.15) is 5.78 Å². The molecule has 19 heavy (non-hydrogen) atoms. The van der Waals surface area contributed by atoms with Crippen molar-refractivity contribution >= 4 is 5.78 Å². The molecule has 1 aromatic carbocycles. The Morgan fingerprint density at radius 1 is 1.11 bits per heavy atom. The minimum atomic E-state index is 0.410. The maximum atomic E-state index is 12.4. The quantitative estimate of drug-likeness (QED) is 0.782. The second-order valence-electron chi connectivity index (χ2n) is 6.68.